The number of aromatic nitrogens is 3. The molecule has 0 unspecified atom stereocenters. The van der Waals surface area contributed by atoms with Crippen molar-refractivity contribution >= 4 is 11.5 Å². The molecule has 0 spiro atoms. The van der Waals surface area contributed by atoms with E-state index in [4.69, 9.17) is 4.74 Å². The second-order valence-corrected chi connectivity index (χ2v) is 7.11. The number of benzene rings is 1. The number of aromatic hydroxyl groups is 1. The number of hydrogen-bond acceptors (Lipinski definition) is 6. The summed E-state index contributed by atoms with van der Waals surface area (Å²) in [5, 5.41) is 22.4. The highest BCUT2D eigenvalue weighted by Crippen LogP contribution is 2.36. The molecule has 0 bridgehead atoms. The minimum atomic E-state index is -0.601. The lowest BCUT2D eigenvalue weighted by molar-refractivity contribution is 0.260. The molecule has 0 radical (unpaired) electrons. The molecule has 1 atom stereocenters. The number of piperidine rings is 1. The van der Waals surface area contributed by atoms with Crippen LogP contribution in [0.3, 0.4) is 0 Å². The van der Waals surface area contributed by atoms with Gasteiger partial charge in [-0.05, 0) is 45.5 Å². The van der Waals surface area contributed by atoms with E-state index in [-0.39, 0.29) is 28.8 Å². The van der Waals surface area contributed by atoms with Crippen LogP contribution in [0.25, 0.3) is 16.8 Å². The normalized spacial score (nSPS) is 17.8. The van der Waals surface area contributed by atoms with Crippen molar-refractivity contribution in [2.24, 2.45) is 0 Å². The van der Waals surface area contributed by atoms with Crippen LogP contribution in [-0.4, -0.2) is 57.4 Å². The van der Waals surface area contributed by atoms with Gasteiger partial charge in [0.1, 0.15) is 23.0 Å². The molecular weight excluding hydrogens is 361 g/mol. The van der Waals surface area contributed by atoms with Crippen molar-refractivity contribution in [1.82, 2.24) is 19.5 Å². The molecule has 2 N–H and O–H groups in total. The zero-order valence-corrected chi connectivity index (χ0v) is 16.0. The average Bonchev–Trinajstić information content (AvgIpc) is 3.13. The minimum absolute atomic E-state index is 0.0172. The first-order valence-electron chi connectivity index (χ1n) is 9.51. The maximum absolute atomic E-state index is 14.7. The second-order valence-electron chi connectivity index (χ2n) is 7.11. The first-order chi connectivity index (χ1) is 13.6. The average molecular weight is 385 g/mol. The minimum Gasteiger partial charge on any atom is -0.507 e. The fourth-order valence-electron chi connectivity index (χ4n) is 3.75. The Morgan fingerprint density at radius 3 is 2.96 bits per heavy atom. The smallest absolute Gasteiger partial charge is 0.228 e. The molecule has 1 aliphatic rings. The molecule has 1 fully saturated rings. The van der Waals surface area contributed by atoms with Crippen molar-refractivity contribution in [3.8, 4) is 22.8 Å². The maximum atomic E-state index is 14.7. The lowest BCUT2D eigenvalue weighted by atomic mass is 10.1. The van der Waals surface area contributed by atoms with Crippen LogP contribution in [0.1, 0.15) is 19.8 Å². The van der Waals surface area contributed by atoms with Crippen LogP contribution in [0.2, 0.25) is 0 Å². The zero-order valence-electron chi connectivity index (χ0n) is 16.0. The van der Waals surface area contributed by atoms with E-state index in [2.05, 4.69) is 27.5 Å². The number of nitrogens with one attached hydrogen (secondary N) is 1. The molecule has 0 saturated carbocycles. The quantitative estimate of drug-likeness (QED) is 0.703. The second kappa shape index (κ2) is 7.63. The summed E-state index contributed by atoms with van der Waals surface area (Å²) in [6.45, 7) is 4.21. The maximum Gasteiger partial charge on any atom is 0.228 e. The Kier molecular flexibility index (Phi) is 5.04. The number of likely N-dealkylation sites (tertiary alicyclic amines) is 1. The van der Waals surface area contributed by atoms with E-state index in [0.29, 0.717) is 18.1 Å². The molecule has 1 saturated heterocycles. The van der Waals surface area contributed by atoms with Crippen LogP contribution in [0.5, 0.6) is 11.5 Å². The van der Waals surface area contributed by atoms with Gasteiger partial charge in [0, 0.05) is 30.9 Å². The zero-order chi connectivity index (χ0) is 19.7. The standard InChI is InChI=1S/C20H24FN5O2/c1-3-28-14-10-15(21)18(17(27)11-14)19-16-7-5-9-26(16)20(24-23-19)22-13-6-4-8-25(2)12-13/h5,7,9-11,13,27H,3-4,6,8,12H2,1-2H3,(H,22,24)/t13-/m1/s1. The molecular formula is C20H24FN5O2. The van der Waals surface area contributed by atoms with Crippen molar-refractivity contribution in [3.05, 3.63) is 36.3 Å². The predicted octanol–water partition coefficient (Wildman–Crippen LogP) is 3.15. The fraction of sp³-hybridized carbons (Fsp3) is 0.400. The molecule has 3 heterocycles. The van der Waals surface area contributed by atoms with E-state index < -0.39 is 5.82 Å². The Labute approximate surface area is 162 Å². The third-order valence-electron chi connectivity index (χ3n) is 5.01. The van der Waals surface area contributed by atoms with Gasteiger partial charge in [-0.1, -0.05) is 0 Å². The third-order valence-corrected chi connectivity index (χ3v) is 5.01. The number of rotatable bonds is 5. The number of ether oxygens (including phenoxy) is 1. The van der Waals surface area contributed by atoms with Crippen LogP contribution in [0.4, 0.5) is 10.3 Å². The van der Waals surface area contributed by atoms with Gasteiger partial charge in [-0.2, -0.15) is 0 Å². The summed E-state index contributed by atoms with van der Waals surface area (Å²) in [4.78, 5) is 2.28. The number of phenolic OH excluding ortho intramolecular Hbond substituents is 1. The lowest BCUT2D eigenvalue weighted by Gasteiger charge is -2.30. The van der Waals surface area contributed by atoms with E-state index in [1.807, 2.05) is 22.7 Å². The van der Waals surface area contributed by atoms with Crippen LogP contribution in [0.15, 0.2) is 30.5 Å². The summed E-state index contributed by atoms with van der Waals surface area (Å²) in [7, 11) is 2.10. The number of phenols is 1. The SMILES string of the molecule is CCOc1cc(O)c(-c2nnc(N[C@@H]3CCCN(C)C3)n3cccc23)c(F)c1. The number of fused-ring (bicyclic) bond motifs is 1. The molecule has 1 aromatic carbocycles. The van der Waals surface area contributed by atoms with E-state index in [1.165, 1.54) is 12.1 Å². The van der Waals surface area contributed by atoms with Gasteiger partial charge in [0.15, 0.2) is 0 Å². The van der Waals surface area contributed by atoms with Crippen molar-refractivity contribution in [2.75, 3.05) is 32.1 Å². The Morgan fingerprint density at radius 1 is 1.36 bits per heavy atom. The number of likely N-dealkylation sites (N-methyl/N-ethyl adjacent to an activating group) is 1. The Balaban J connectivity index is 1.72. The summed E-state index contributed by atoms with van der Waals surface area (Å²) < 4.78 is 21.9. The van der Waals surface area contributed by atoms with Gasteiger partial charge >= 0.3 is 0 Å². The summed E-state index contributed by atoms with van der Waals surface area (Å²) in [5.74, 6) is 0.0566. The topological polar surface area (TPSA) is 74.9 Å². The molecule has 28 heavy (non-hydrogen) atoms. The first kappa shape index (κ1) is 18.5. The van der Waals surface area contributed by atoms with Crippen molar-refractivity contribution in [1.29, 1.82) is 0 Å². The highest BCUT2D eigenvalue weighted by Gasteiger charge is 2.22. The van der Waals surface area contributed by atoms with Crippen molar-refractivity contribution < 1.29 is 14.2 Å². The molecule has 4 rings (SSSR count). The van der Waals surface area contributed by atoms with Gasteiger partial charge in [-0.3, -0.25) is 4.40 Å². The predicted molar refractivity (Wildman–Crippen MR) is 105 cm³/mol. The molecule has 148 valence electrons. The summed E-state index contributed by atoms with van der Waals surface area (Å²) in [6, 6.07) is 6.61. The number of halogens is 1. The van der Waals surface area contributed by atoms with E-state index >= 15 is 0 Å². The van der Waals surface area contributed by atoms with Gasteiger partial charge in [-0.15, -0.1) is 10.2 Å². The molecule has 1 aliphatic heterocycles. The van der Waals surface area contributed by atoms with Crippen LogP contribution in [0, 0.1) is 5.82 Å². The monoisotopic (exact) mass is 385 g/mol. The van der Waals surface area contributed by atoms with E-state index in [9.17, 15) is 9.50 Å². The Bertz CT molecular complexity index is 967. The molecule has 2 aromatic heterocycles. The Hall–Kier alpha value is -2.87. The number of nitrogens with zero attached hydrogens (tertiary/aromatic N) is 4. The fourth-order valence-corrected chi connectivity index (χ4v) is 3.75. The van der Waals surface area contributed by atoms with Crippen LogP contribution >= 0.6 is 0 Å². The van der Waals surface area contributed by atoms with Gasteiger partial charge < -0.3 is 20.1 Å². The van der Waals surface area contributed by atoms with E-state index in [1.54, 1.807) is 6.92 Å². The third kappa shape index (κ3) is 3.47. The lowest BCUT2D eigenvalue weighted by Crippen LogP contribution is -2.40. The molecule has 7 nitrogen and oxygen atoms in total. The summed E-state index contributed by atoms with van der Waals surface area (Å²) in [5.41, 5.74) is 0.970. The van der Waals surface area contributed by atoms with Crippen molar-refractivity contribution in [2.45, 2.75) is 25.8 Å². The van der Waals surface area contributed by atoms with Crippen LogP contribution < -0.4 is 10.1 Å². The van der Waals surface area contributed by atoms with Gasteiger partial charge in [0.2, 0.25) is 5.95 Å². The largest absolute Gasteiger partial charge is 0.507 e. The molecule has 0 aliphatic carbocycles. The summed E-state index contributed by atoms with van der Waals surface area (Å²) in [6.07, 6.45) is 4.04. The molecule has 8 heteroatoms. The number of anilines is 1. The first-order valence-corrected chi connectivity index (χ1v) is 9.51. The van der Waals surface area contributed by atoms with Gasteiger partial charge in [0.05, 0.1) is 17.7 Å². The highest BCUT2D eigenvalue weighted by molar-refractivity contribution is 5.82. The Morgan fingerprint density at radius 2 is 2.21 bits per heavy atom. The highest BCUT2D eigenvalue weighted by atomic mass is 19.1. The van der Waals surface area contributed by atoms with Crippen molar-refractivity contribution in [3.63, 3.8) is 0 Å². The van der Waals surface area contributed by atoms with E-state index in [0.717, 1.165) is 25.9 Å². The number of hydrogen-bond donors (Lipinski definition) is 2. The molecule has 0 amide bonds. The van der Waals surface area contributed by atoms with Gasteiger partial charge in [0.25, 0.3) is 0 Å². The van der Waals surface area contributed by atoms with Crippen LogP contribution in [-0.2, 0) is 0 Å². The molecule has 3 aromatic rings. The van der Waals surface area contributed by atoms with Gasteiger partial charge in [-0.25, -0.2) is 4.39 Å². The summed E-state index contributed by atoms with van der Waals surface area (Å²) >= 11 is 0.